The molecule has 1 aromatic heterocycles. The molecule has 0 aliphatic rings. The topological polar surface area (TPSA) is 85.9 Å². The maximum absolute atomic E-state index is 8.25. The molecule has 0 aliphatic carbocycles. The number of imidazole rings is 1. The number of nitrogens with zero attached hydrogens (tertiary/aromatic N) is 2. The summed E-state index contributed by atoms with van der Waals surface area (Å²) in [5.41, 5.74) is 0. The van der Waals surface area contributed by atoms with Gasteiger partial charge in [0.1, 0.15) is 12.4 Å². The van der Waals surface area contributed by atoms with Crippen molar-refractivity contribution in [1.82, 2.24) is 4.98 Å². The summed E-state index contributed by atoms with van der Waals surface area (Å²) >= 11 is 0. The minimum atomic E-state index is -1.75. The first-order valence-electron chi connectivity index (χ1n) is 3.55. The zero-order valence-corrected chi connectivity index (χ0v) is 7.43. The molecule has 0 aromatic carbocycles. The van der Waals surface area contributed by atoms with Gasteiger partial charge in [-0.2, -0.15) is 0 Å². The molecule has 13 heavy (non-hydrogen) atoms. The Kier molecular flexibility index (Phi) is 4.94. The second-order valence-electron chi connectivity index (χ2n) is 2.18. The van der Waals surface area contributed by atoms with Gasteiger partial charge in [-0.3, -0.25) is 0 Å². The van der Waals surface area contributed by atoms with Crippen molar-refractivity contribution >= 4 is 6.08 Å². The van der Waals surface area contributed by atoms with Crippen molar-refractivity contribution in [1.29, 1.82) is 0 Å². The lowest BCUT2D eigenvalue weighted by Crippen LogP contribution is -2.28. The minimum Gasteiger partial charge on any atom is -0.356 e. The monoisotopic (exact) mass is 185 g/mol. The Morgan fingerprint density at radius 3 is 2.46 bits per heavy atom. The molecule has 1 aromatic rings. The molecule has 0 bridgehead atoms. The molecule has 0 unspecified atom stereocenters. The van der Waals surface area contributed by atoms with Crippen LogP contribution in [0, 0.1) is 15.3 Å². The number of aromatic nitrogens is 2. The smallest absolute Gasteiger partial charge is 0.278 e. The maximum atomic E-state index is 8.25. The first-order chi connectivity index (χ1) is 6.07. The van der Waals surface area contributed by atoms with E-state index in [9.17, 15) is 0 Å². The molecule has 0 saturated heterocycles. The van der Waals surface area contributed by atoms with Crippen LogP contribution in [0.15, 0.2) is 18.5 Å². The lowest BCUT2D eigenvalue weighted by Gasteiger charge is -1.81. The van der Waals surface area contributed by atoms with Gasteiger partial charge in [0, 0.05) is 6.08 Å². The Bertz CT molecular complexity index is 289. The number of rotatable bonds is 1. The Hall–Kier alpha value is -1.85. The van der Waals surface area contributed by atoms with Gasteiger partial charge in [-0.05, 0) is 6.92 Å². The molecule has 1 heterocycles. The van der Waals surface area contributed by atoms with E-state index in [0.29, 0.717) is 0 Å². The third kappa shape index (κ3) is 5.42. The standard InChI is InChI=1S/C7H10N2.NO3/c1-3-4-7-8-5-6-9(7)2;2-1(3)4/h3-6H,1-2H3;/q;-1/p+1/b4-3+;. The summed E-state index contributed by atoms with van der Waals surface area (Å²) in [6.07, 6.45) is 7.93. The average Bonchev–Trinajstić information content (AvgIpc) is 2.36. The fourth-order valence-corrected chi connectivity index (χ4v) is 0.740. The normalized spacial score (nSPS) is 9.38. The largest absolute Gasteiger partial charge is 0.356 e. The van der Waals surface area contributed by atoms with Crippen molar-refractivity contribution in [2.75, 3.05) is 0 Å². The average molecular weight is 185 g/mol. The van der Waals surface area contributed by atoms with Crippen molar-refractivity contribution in [2.45, 2.75) is 6.92 Å². The molecule has 0 spiro atoms. The molecule has 0 radical (unpaired) electrons. The SMILES string of the molecule is C/C=C/c1[nH]cc[n+]1C.O=[N+]([O-])[O-]. The molecule has 0 amide bonds. The van der Waals surface area contributed by atoms with Crippen LogP contribution >= 0.6 is 0 Å². The van der Waals surface area contributed by atoms with Crippen molar-refractivity contribution in [2.24, 2.45) is 7.05 Å². The van der Waals surface area contributed by atoms with Crippen LogP contribution in [0.3, 0.4) is 0 Å². The van der Waals surface area contributed by atoms with Crippen LogP contribution in [0.4, 0.5) is 0 Å². The summed E-state index contributed by atoms with van der Waals surface area (Å²) in [4.78, 5) is 11.3. The second kappa shape index (κ2) is 5.76. The lowest BCUT2D eigenvalue weighted by atomic mass is 10.5. The van der Waals surface area contributed by atoms with Gasteiger partial charge in [0.05, 0.1) is 12.1 Å². The Morgan fingerprint density at radius 1 is 1.62 bits per heavy atom. The van der Waals surface area contributed by atoms with Gasteiger partial charge in [0.25, 0.3) is 5.82 Å². The first-order valence-corrected chi connectivity index (χ1v) is 3.55. The van der Waals surface area contributed by atoms with Gasteiger partial charge in [0.15, 0.2) is 0 Å². The van der Waals surface area contributed by atoms with Crippen LogP contribution in [0.25, 0.3) is 6.08 Å². The molecule has 6 nitrogen and oxygen atoms in total. The van der Waals surface area contributed by atoms with Crippen molar-refractivity contribution < 1.29 is 9.65 Å². The zero-order chi connectivity index (χ0) is 10.3. The highest BCUT2D eigenvalue weighted by Crippen LogP contribution is 1.86. The fourth-order valence-electron chi connectivity index (χ4n) is 0.740. The van der Waals surface area contributed by atoms with E-state index in [2.05, 4.69) is 4.98 Å². The van der Waals surface area contributed by atoms with Crippen LogP contribution in [0.5, 0.6) is 0 Å². The number of aromatic amines is 1. The molecular formula is C7H11N3O3. The van der Waals surface area contributed by atoms with Crippen LogP contribution in [0.2, 0.25) is 0 Å². The third-order valence-electron chi connectivity index (χ3n) is 1.23. The molecule has 0 atom stereocenters. The zero-order valence-electron chi connectivity index (χ0n) is 7.43. The fraction of sp³-hybridized carbons (Fsp3) is 0.286. The van der Waals surface area contributed by atoms with Gasteiger partial charge >= 0.3 is 0 Å². The van der Waals surface area contributed by atoms with E-state index in [1.54, 1.807) is 0 Å². The molecule has 0 saturated carbocycles. The Morgan fingerprint density at radius 2 is 2.15 bits per heavy atom. The number of aryl methyl sites for hydroxylation is 1. The number of H-pyrrole nitrogens is 1. The maximum Gasteiger partial charge on any atom is 0.278 e. The third-order valence-corrected chi connectivity index (χ3v) is 1.23. The summed E-state index contributed by atoms with van der Waals surface area (Å²) < 4.78 is 2.03. The Labute approximate surface area is 75.2 Å². The summed E-state index contributed by atoms with van der Waals surface area (Å²) in [6.45, 7) is 2.00. The first kappa shape index (κ1) is 11.2. The van der Waals surface area contributed by atoms with Gasteiger partial charge in [-0.25, -0.2) is 9.55 Å². The van der Waals surface area contributed by atoms with E-state index in [1.807, 2.05) is 43.1 Å². The number of nitrogens with one attached hydrogen (secondary N) is 1. The van der Waals surface area contributed by atoms with Crippen molar-refractivity contribution in [3.63, 3.8) is 0 Å². The predicted molar refractivity (Wildman–Crippen MR) is 47.0 cm³/mol. The summed E-state index contributed by atoms with van der Waals surface area (Å²) in [6, 6.07) is 0. The van der Waals surface area contributed by atoms with Gasteiger partial charge in [-0.15, -0.1) is 0 Å². The van der Waals surface area contributed by atoms with Gasteiger partial charge in [-0.1, -0.05) is 6.08 Å². The second-order valence-corrected chi connectivity index (χ2v) is 2.18. The highest BCUT2D eigenvalue weighted by Gasteiger charge is 1.97. The van der Waals surface area contributed by atoms with E-state index in [0.717, 1.165) is 5.82 Å². The van der Waals surface area contributed by atoms with Crippen LogP contribution < -0.4 is 4.57 Å². The van der Waals surface area contributed by atoms with E-state index in [1.165, 1.54) is 0 Å². The molecule has 0 aliphatic heterocycles. The van der Waals surface area contributed by atoms with E-state index in [4.69, 9.17) is 15.3 Å². The van der Waals surface area contributed by atoms with Crippen molar-refractivity contribution in [3.8, 4) is 0 Å². The molecule has 0 fully saturated rings. The number of hydrogen-bond acceptors (Lipinski definition) is 3. The van der Waals surface area contributed by atoms with E-state index >= 15 is 0 Å². The van der Waals surface area contributed by atoms with Crippen LogP contribution in [0.1, 0.15) is 12.7 Å². The quantitative estimate of drug-likeness (QED) is 0.395. The van der Waals surface area contributed by atoms with E-state index < -0.39 is 5.09 Å². The highest BCUT2D eigenvalue weighted by atomic mass is 16.9. The lowest BCUT2D eigenvalue weighted by molar-refractivity contribution is -0.671. The van der Waals surface area contributed by atoms with Crippen LogP contribution in [-0.4, -0.2) is 10.1 Å². The number of hydrogen-bond donors (Lipinski definition) is 1. The highest BCUT2D eigenvalue weighted by molar-refractivity contribution is 5.35. The van der Waals surface area contributed by atoms with Crippen LogP contribution in [-0.2, 0) is 7.05 Å². The predicted octanol–water partition coefficient (Wildman–Crippen LogP) is 0.633. The molecule has 1 N–H and O–H groups in total. The van der Waals surface area contributed by atoms with E-state index in [-0.39, 0.29) is 0 Å². The van der Waals surface area contributed by atoms with Gasteiger partial charge < -0.3 is 15.3 Å². The molecule has 6 heteroatoms. The minimum absolute atomic E-state index is 1.12. The summed E-state index contributed by atoms with van der Waals surface area (Å²) in [5.74, 6) is 1.12. The van der Waals surface area contributed by atoms with Gasteiger partial charge in [0.2, 0.25) is 0 Å². The number of allylic oxidation sites excluding steroid dienone is 1. The summed E-state index contributed by atoms with van der Waals surface area (Å²) in [7, 11) is 2.01. The molecule has 1 rings (SSSR count). The molecule has 72 valence electrons. The Balaban J connectivity index is 0.000000310. The molecular weight excluding hydrogens is 174 g/mol. The van der Waals surface area contributed by atoms with Crippen molar-refractivity contribution in [3.05, 3.63) is 39.6 Å². The summed E-state index contributed by atoms with van der Waals surface area (Å²) in [5, 5.41) is 14.8.